The lowest BCUT2D eigenvalue weighted by Crippen LogP contribution is -2.45. The molecule has 1 aromatic carbocycles. The smallest absolute Gasteiger partial charge is 0.0388 e. The lowest BCUT2D eigenvalue weighted by atomic mass is 9.91. The zero-order valence-electron chi connectivity index (χ0n) is 12.5. The molecule has 0 aliphatic carbocycles. The molecular formula is C17H26N2. The summed E-state index contributed by atoms with van der Waals surface area (Å²) in [7, 11) is 0. The molecule has 0 saturated carbocycles. The Kier molecular flexibility index (Phi) is 4.78. The summed E-state index contributed by atoms with van der Waals surface area (Å²) < 4.78 is 0. The van der Waals surface area contributed by atoms with Gasteiger partial charge in [0.2, 0.25) is 0 Å². The highest BCUT2D eigenvalue weighted by atomic mass is 15.2. The Hall–Kier alpha value is -1.12. The van der Waals surface area contributed by atoms with Gasteiger partial charge in [0.05, 0.1) is 0 Å². The average Bonchev–Trinajstić information content (AvgIpc) is 2.37. The third kappa shape index (κ3) is 3.26. The van der Waals surface area contributed by atoms with Gasteiger partial charge in [-0.2, -0.15) is 0 Å². The van der Waals surface area contributed by atoms with E-state index >= 15 is 0 Å². The minimum absolute atomic E-state index is 0.486. The summed E-state index contributed by atoms with van der Waals surface area (Å²) in [5.41, 5.74) is 5.70. The van der Waals surface area contributed by atoms with E-state index in [1.807, 2.05) is 0 Å². The molecule has 1 aliphatic rings. The van der Waals surface area contributed by atoms with Gasteiger partial charge in [-0.1, -0.05) is 23.8 Å². The van der Waals surface area contributed by atoms with Crippen molar-refractivity contribution in [2.24, 2.45) is 0 Å². The third-order valence-corrected chi connectivity index (χ3v) is 4.05. The molecule has 1 aliphatic heterocycles. The maximum absolute atomic E-state index is 3.96. The largest absolute Gasteiger partial charge is 0.314 e. The van der Waals surface area contributed by atoms with Gasteiger partial charge in [-0.25, -0.2) is 0 Å². The minimum atomic E-state index is 0.486. The summed E-state index contributed by atoms with van der Waals surface area (Å²) in [6.07, 6.45) is 3.09. The van der Waals surface area contributed by atoms with Gasteiger partial charge in [-0.05, 0) is 43.9 Å². The number of nitrogens with one attached hydrogen (secondary N) is 1. The summed E-state index contributed by atoms with van der Waals surface area (Å²) in [5.74, 6) is 0. The Morgan fingerprint density at radius 1 is 1.21 bits per heavy atom. The molecule has 104 valence electrons. The molecular weight excluding hydrogens is 232 g/mol. The summed E-state index contributed by atoms with van der Waals surface area (Å²) >= 11 is 0. The molecule has 2 nitrogen and oxygen atoms in total. The standard InChI is InChI=1S/C17H26N2/c1-5-6-16(19-9-7-18-8-10-19)17-14(3)11-13(2)12-15(17)4/h5,11-12,16,18H,1,6-10H2,2-4H3/t16-/m1/s1. The van der Waals surface area contributed by atoms with Crippen molar-refractivity contribution in [1.29, 1.82) is 0 Å². The first-order valence-corrected chi connectivity index (χ1v) is 7.27. The van der Waals surface area contributed by atoms with Gasteiger partial charge in [-0.15, -0.1) is 6.58 Å². The number of hydrogen-bond acceptors (Lipinski definition) is 2. The van der Waals surface area contributed by atoms with Crippen molar-refractivity contribution < 1.29 is 0 Å². The van der Waals surface area contributed by atoms with Crippen LogP contribution in [0, 0.1) is 20.8 Å². The van der Waals surface area contributed by atoms with Crippen molar-refractivity contribution in [3.63, 3.8) is 0 Å². The highest BCUT2D eigenvalue weighted by Gasteiger charge is 2.23. The molecule has 19 heavy (non-hydrogen) atoms. The van der Waals surface area contributed by atoms with Gasteiger partial charge in [0.15, 0.2) is 0 Å². The maximum atomic E-state index is 3.96. The highest BCUT2D eigenvalue weighted by Crippen LogP contribution is 2.31. The van der Waals surface area contributed by atoms with Crippen LogP contribution in [0.2, 0.25) is 0 Å². The van der Waals surface area contributed by atoms with Crippen LogP contribution in [-0.2, 0) is 0 Å². The van der Waals surface area contributed by atoms with Crippen LogP contribution in [0.5, 0.6) is 0 Å². The second-order valence-electron chi connectivity index (χ2n) is 5.64. The Labute approximate surface area is 117 Å². The summed E-state index contributed by atoms with van der Waals surface area (Å²) in [6.45, 7) is 15.1. The van der Waals surface area contributed by atoms with E-state index in [1.54, 1.807) is 0 Å². The van der Waals surface area contributed by atoms with E-state index in [-0.39, 0.29) is 0 Å². The van der Waals surface area contributed by atoms with Crippen LogP contribution in [0.1, 0.15) is 34.7 Å². The molecule has 1 atom stereocenters. The van der Waals surface area contributed by atoms with Crippen molar-refractivity contribution in [2.75, 3.05) is 26.2 Å². The van der Waals surface area contributed by atoms with Crippen molar-refractivity contribution in [3.05, 3.63) is 47.0 Å². The first-order valence-electron chi connectivity index (χ1n) is 7.27. The SMILES string of the molecule is C=CC[C@H](c1c(C)cc(C)cc1C)N1CCNCC1. The summed E-state index contributed by atoms with van der Waals surface area (Å²) in [6, 6.07) is 5.10. The second kappa shape index (κ2) is 6.36. The predicted molar refractivity (Wildman–Crippen MR) is 82.7 cm³/mol. The van der Waals surface area contributed by atoms with Crippen molar-refractivity contribution in [2.45, 2.75) is 33.2 Å². The molecule has 2 rings (SSSR count). The van der Waals surface area contributed by atoms with Crippen LogP contribution in [0.25, 0.3) is 0 Å². The molecule has 0 aromatic heterocycles. The molecule has 1 aromatic rings. The fraction of sp³-hybridized carbons (Fsp3) is 0.529. The topological polar surface area (TPSA) is 15.3 Å². The predicted octanol–water partition coefficient (Wildman–Crippen LogP) is 3.13. The first kappa shape index (κ1) is 14.3. The van der Waals surface area contributed by atoms with E-state index < -0.39 is 0 Å². The zero-order valence-corrected chi connectivity index (χ0v) is 12.5. The molecule has 1 heterocycles. The van der Waals surface area contributed by atoms with Gasteiger partial charge in [0, 0.05) is 32.2 Å². The Balaban J connectivity index is 2.35. The lowest BCUT2D eigenvalue weighted by Gasteiger charge is -2.36. The molecule has 0 unspecified atom stereocenters. The van der Waals surface area contributed by atoms with Crippen LogP contribution in [0.3, 0.4) is 0 Å². The second-order valence-corrected chi connectivity index (χ2v) is 5.64. The molecule has 0 radical (unpaired) electrons. The quantitative estimate of drug-likeness (QED) is 0.835. The minimum Gasteiger partial charge on any atom is -0.314 e. The van der Waals surface area contributed by atoms with E-state index in [9.17, 15) is 0 Å². The highest BCUT2D eigenvalue weighted by molar-refractivity contribution is 5.40. The Morgan fingerprint density at radius 2 is 1.79 bits per heavy atom. The number of rotatable bonds is 4. The van der Waals surface area contributed by atoms with Crippen LogP contribution in [0.15, 0.2) is 24.8 Å². The number of nitrogens with zero attached hydrogens (tertiary/aromatic N) is 1. The Morgan fingerprint density at radius 3 is 2.32 bits per heavy atom. The van der Waals surface area contributed by atoms with Crippen LogP contribution < -0.4 is 5.32 Å². The molecule has 1 fully saturated rings. The van der Waals surface area contributed by atoms with Gasteiger partial charge in [-0.3, -0.25) is 4.90 Å². The van der Waals surface area contributed by atoms with E-state index in [2.05, 4.69) is 55.8 Å². The maximum Gasteiger partial charge on any atom is 0.0388 e. The van der Waals surface area contributed by atoms with Gasteiger partial charge in [0.25, 0.3) is 0 Å². The monoisotopic (exact) mass is 258 g/mol. The van der Waals surface area contributed by atoms with E-state index in [4.69, 9.17) is 0 Å². The van der Waals surface area contributed by atoms with Crippen LogP contribution in [-0.4, -0.2) is 31.1 Å². The number of aryl methyl sites for hydroxylation is 3. The number of benzene rings is 1. The van der Waals surface area contributed by atoms with Crippen molar-refractivity contribution in [3.8, 4) is 0 Å². The first-order chi connectivity index (χ1) is 9.13. The van der Waals surface area contributed by atoms with Crippen molar-refractivity contribution in [1.82, 2.24) is 10.2 Å². The van der Waals surface area contributed by atoms with Crippen molar-refractivity contribution >= 4 is 0 Å². The van der Waals surface area contributed by atoms with Gasteiger partial charge in [0.1, 0.15) is 0 Å². The molecule has 2 heteroatoms. The van der Waals surface area contributed by atoms with Gasteiger partial charge < -0.3 is 5.32 Å². The van der Waals surface area contributed by atoms with Gasteiger partial charge >= 0.3 is 0 Å². The summed E-state index contributed by atoms with van der Waals surface area (Å²) in [4.78, 5) is 2.60. The zero-order chi connectivity index (χ0) is 13.8. The molecule has 0 spiro atoms. The fourth-order valence-electron chi connectivity index (χ4n) is 3.32. The molecule has 1 saturated heterocycles. The molecule has 1 N–H and O–H groups in total. The number of piperazine rings is 1. The lowest BCUT2D eigenvalue weighted by molar-refractivity contribution is 0.173. The normalized spacial score (nSPS) is 18.3. The molecule has 0 amide bonds. The number of hydrogen-bond donors (Lipinski definition) is 1. The average molecular weight is 258 g/mol. The fourth-order valence-corrected chi connectivity index (χ4v) is 3.32. The molecule has 0 bridgehead atoms. The van der Waals surface area contributed by atoms with E-state index in [0.29, 0.717) is 6.04 Å². The van der Waals surface area contributed by atoms with E-state index in [1.165, 1.54) is 22.3 Å². The summed E-state index contributed by atoms with van der Waals surface area (Å²) in [5, 5.41) is 3.43. The van der Waals surface area contributed by atoms with E-state index in [0.717, 1.165) is 32.6 Å². The van der Waals surface area contributed by atoms with Crippen LogP contribution >= 0.6 is 0 Å². The van der Waals surface area contributed by atoms with Crippen LogP contribution in [0.4, 0.5) is 0 Å². The third-order valence-electron chi connectivity index (χ3n) is 4.05. The Bertz CT molecular complexity index is 422.